The quantitative estimate of drug-likeness (QED) is 0.527. The molecule has 0 aliphatic carbocycles. The molecule has 1 saturated heterocycles. The topological polar surface area (TPSA) is 110 Å². The van der Waals surface area contributed by atoms with Crippen molar-refractivity contribution < 1.29 is 19.2 Å². The van der Waals surface area contributed by atoms with Crippen LogP contribution in [0.15, 0.2) is 18.2 Å². The largest absolute Gasteiger partial charge is 0.398 e. The van der Waals surface area contributed by atoms with E-state index < -0.39 is 0 Å². The van der Waals surface area contributed by atoms with Gasteiger partial charge in [0.15, 0.2) is 0 Å². The Bertz CT molecular complexity index is 625. The summed E-state index contributed by atoms with van der Waals surface area (Å²) in [5.41, 5.74) is 6.67. The highest BCUT2D eigenvalue weighted by Crippen LogP contribution is 2.25. The predicted molar refractivity (Wildman–Crippen MR) is 74.3 cm³/mol. The molecule has 2 aliphatic rings. The number of nitrogens with one attached hydrogen (secondary N) is 1. The maximum Gasteiger partial charge on any atom is 0.263 e. The van der Waals surface area contributed by atoms with E-state index in [0.29, 0.717) is 36.1 Å². The molecule has 3 N–H and O–H groups in total. The third-order valence-electron chi connectivity index (χ3n) is 3.24. The van der Waals surface area contributed by atoms with Crippen molar-refractivity contribution in [2.45, 2.75) is 19.3 Å². The van der Waals surface area contributed by atoms with Gasteiger partial charge in [0.25, 0.3) is 11.8 Å². The van der Waals surface area contributed by atoms with E-state index in [1.807, 2.05) is 0 Å². The maximum absolute atomic E-state index is 11.5. The number of nitrogen functional groups attached to an aromatic ring is 1. The van der Waals surface area contributed by atoms with Crippen LogP contribution in [-0.4, -0.2) is 35.6 Å². The zero-order chi connectivity index (χ0) is 15.6. The first kappa shape index (κ1) is 14.7. The van der Waals surface area contributed by atoms with Gasteiger partial charge in [-0.25, -0.2) is 0 Å². The summed E-state index contributed by atoms with van der Waals surface area (Å²) in [5, 5.41) is 2.20. The second kappa shape index (κ2) is 5.74. The van der Waals surface area contributed by atoms with Crippen LogP contribution in [0.1, 0.15) is 40.0 Å². The molecule has 0 unspecified atom stereocenters. The lowest BCUT2D eigenvalue weighted by atomic mass is 10.1. The van der Waals surface area contributed by atoms with Gasteiger partial charge in [-0.15, -0.1) is 0 Å². The normalized spacial score (nSPS) is 17.1. The number of nitrogens with two attached hydrogens (primary N) is 1. The molecule has 21 heavy (non-hydrogen) atoms. The van der Waals surface area contributed by atoms with Crippen LogP contribution in [0.2, 0.25) is 0 Å². The van der Waals surface area contributed by atoms with Crippen LogP contribution in [0.5, 0.6) is 0 Å². The van der Waals surface area contributed by atoms with Crippen LogP contribution in [0.4, 0.5) is 5.69 Å². The highest BCUT2D eigenvalue weighted by atomic mass is 16.2. The van der Waals surface area contributed by atoms with Crippen molar-refractivity contribution >= 4 is 29.3 Å². The molecule has 2 heterocycles. The molecule has 7 heteroatoms. The summed E-state index contributed by atoms with van der Waals surface area (Å²) in [6.07, 6.45) is 1.72. The van der Waals surface area contributed by atoms with Gasteiger partial charge in [-0.2, -0.15) is 0 Å². The molecule has 1 fully saturated rings. The third kappa shape index (κ3) is 2.91. The first-order chi connectivity index (χ1) is 9.91. The van der Waals surface area contributed by atoms with Crippen molar-refractivity contribution in [3.63, 3.8) is 0 Å². The van der Waals surface area contributed by atoms with Crippen molar-refractivity contribution in [3.05, 3.63) is 29.3 Å². The molecular weight excluding hydrogens is 274 g/mol. The summed E-state index contributed by atoms with van der Waals surface area (Å²) < 4.78 is 0. The molecule has 0 saturated carbocycles. The molecule has 4 amide bonds. The molecule has 0 bridgehead atoms. The summed E-state index contributed by atoms with van der Waals surface area (Å²) in [4.78, 5) is 44.6. The first-order valence-corrected chi connectivity index (χ1v) is 6.45. The van der Waals surface area contributed by atoms with Crippen LogP contribution in [-0.2, 0) is 9.59 Å². The number of carbonyl (C=O) groups excluding carboxylic acids is 4. The van der Waals surface area contributed by atoms with Gasteiger partial charge in [-0.3, -0.25) is 29.4 Å². The van der Waals surface area contributed by atoms with Crippen LogP contribution in [0.25, 0.3) is 0 Å². The number of anilines is 1. The Morgan fingerprint density at radius 1 is 1.05 bits per heavy atom. The van der Waals surface area contributed by atoms with Crippen LogP contribution in [0.3, 0.4) is 0 Å². The number of rotatable bonds is 0. The smallest absolute Gasteiger partial charge is 0.263 e. The fraction of sp³-hybridized carbons (Fsp3) is 0.286. The maximum atomic E-state index is 11.5. The molecule has 0 atom stereocenters. The number of carbonyl (C=O) groups is 4. The Morgan fingerprint density at radius 3 is 2.14 bits per heavy atom. The van der Waals surface area contributed by atoms with Gasteiger partial charge in [0, 0.05) is 25.6 Å². The van der Waals surface area contributed by atoms with Crippen molar-refractivity contribution in [2.24, 2.45) is 0 Å². The Kier molecular flexibility index (Phi) is 4.02. The third-order valence-corrected chi connectivity index (χ3v) is 3.24. The Labute approximate surface area is 121 Å². The SMILES string of the molecule is CN1C(=O)c2cccc(N)c2C1=O.O=C1CCCC(=O)N1. The molecule has 0 aromatic heterocycles. The second-order valence-electron chi connectivity index (χ2n) is 4.76. The number of hydrogen-bond acceptors (Lipinski definition) is 5. The summed E-state index contributed by atoms with van der Waals surface area (Å²) in [6.45, 7) is 0. The minimum absolute atomic E-state index is 0.138. The van der Waals surface area contributed by atoms with Crippen molar-refractivity contribution in [2.75, 3.05) is 12.8 Å². The van der Waals surface area contributed by atoms with Crippen molar-refractivity contribution in [1.29, 1.82) is 0 Å². The number of nitrogens with zero attached hydrogens (tertiary/aromatic N) is 1. The van der Waals surface area contributed by atoms with E-state index in [0.717, 1.165) is 4.90 Å². The molecule has 1 aromatic rings. The van der Waals surface area contributed by atoms with Crippen LogP contribution in [0, 0.1) is 0 Å². The van der Waals surface area contributed by atoms with Crippen molar-refractivity contribution in [1.82, 2.24) is 10.2 Å². The average Bonchev–Trinajstić information content (AvgIpc) is 2.65. The van der Waals surface area contributed by atoms with E-state index in [1.165, 1.54) is 7.05 Å². The van der Waals surface area contributed by atoms with E-state index in [-0.39, 0.29) is 23.6 Å². The van der Waals surface area contributed by atoms with Gasteiger partial charge in [-0.1, -0.05) is 6.07 Å². The molecule has 0 spiro atoms. The van der Waals surface area contributed by atoms with E-state index in [9.17, 15) is 19.2 Å². The minimum Gasteiger partial charge on any atom is -0.398 e. The van der Waals surface area contributed by atoms with Gasteiger partial charge in [-0.05, 0) is 18.6 Å². The van der Waals surface area contributed by atoms with Gasteiger partial charge in [0.2, 0.25) is 11.8 Å². The second-order valence-corrected chi connectivity index (χ2v) is 4.76. The predicted octanol–water partition coefficient (Wildman–Crippen LogP) is 0.308. The van der Waals surface area contributed by atoms with E-state index >= 15 is 0 Å². The lowest BCUT2D eigenvalue weighted by Gasteiger charge is -2.07. The lowest BCUT2D eigenvalue weighted by molar-refractivity contribution is -0.132. The standard InChI is InChI=1S/C9H8N2O2.C5H7NO2/c1-11-8(12)5-3-2-4-6(10)7(5)9(11)13;7-4-2-1-3-5(8)6-4/h2-4H,10H2,1H3;1-3H2,(H,6,7,8). The molecule has 110 valence electrons. The average molecular weight is 289 g/mol. The Morgan fingerprint density at radius 2 is 1.67 bits per heavy atom. The summed E-state index contributed by atoms with van der Waals surface area (Å²) in [5.74, 6) is -0.882. The number of hydrogen-bond donors (Lipinski definition) is 2. The Balaban J connectivity index is 0.000000173. The summed E-state index contributed by atoms with van der Waals surface area (Å²) in [6, 6.07) is 4.89. The number of benzene rings is 1. The molecule has 7 nitrogen and oxygen atoms in total. The molecule has 0 radical (unpaired) electrons. The summed E-state index contributed by atoms with van der Waals surface area (Å²) >= 11 is 0. The van der Waals surface area contributed by atoms with E-state index in [1.54, 1.807) is 18.2 Å². The van der Waals surface area contributed by atoms with Gasteiger partial charge >= 0.3 is 0 Å². The van der Waals surface area contributed by atoms with Gasteiger partial charge < -0.3 is 5.73 Å². The molecule has 1 aromatic carbocycles. The zero-order valence-electron chi connectivity index (χ0n) is 11.5. The minimum atomic E-state index is -0.321. The van der Waals surface area contributed by atoms with E-state index in [2.05, 4.69) is 5.32 Å². The number of imide groups is 2. The van der Waals surface area contributed by atoms with Crippen LogP contribution >= 0.6 is 0 Å². The fourth-order valence-corrected chi connectivity index (χ4v) is 2.12. The number of piperidine rings is 1. The molecule has 3 rings (SSSR count). The zero-order valence-corrected chi connectivity index (χ0v) is 11.5. The van der Waals surface area contributed by atoms with Crippen LogP contribution < -0.4 is 11.1 Å². The number of fused-ring (bicyclic) bond motifs is 1. The van der Waals surface area contributed by atoms with Crippen molar-refractivity contribution in [3.8, 4) is 0 Å². The molecular formula is C14H15N3O4. The monoisotopic (exact) mass is 289 g/mol. The number of amides is 4. The summed E-state index contributed by atoms with van der Waals surface area (Å²) in [7, 11) is 1.45. The highest BCUT2D eigenvalue weighted by Gasteiger charge is 2.33. The lowest BCUT2D eigenvalue weighted by Crippen LogP contribution is -2.33. The van der Waals surface area contributed by atoms with E-state index in [4.69, 9.17) is 5.73 Å². The molecule has 2 aliphatic heterocycles. The van der Waals surface area contributed by atoms with Gasteiger partial charge in [0.1, 0.15) is 0 Å². The Hall–Kier alpha value is -2.70. The van der Waals surface area contributed by atoms with Gasteiger partial charge in [0.05, 0.1) is 11.1 Å². The fourth-order valence-electron chi connectivity index (χ4n) is 2.12. The first-order valence-electron chi connectivity index (χ1n) is 6.45. The highest BCUT2D eigenvalue weighted by molar-refractivity contribution is 6.23.